The third-order valence-electron chi connectivity index (χ3n) is 8.39. The number of likely N-dealkylation sites (tertiary alicyclic amines) is 1. The van der Waals surface area contributed by atoms with Gasteiger partial charge in [-0.1, -0.05) is 19.9 Å². The molecule has 9 heteroatoms. The molecule has 7 nitrogen and oxygen atoms in total. The van der Waals surface area contributed by atoms with Crippen LogP contribution in [0.4, 0.5) is 8.78 Å². The minimum atomic E-state index is -0.678. The molecule has 3 heterocycles. The first kappa shape index (κ1) is 22.2. The number of aliphatic hydroxyl groups excluding tert-OH is 1. The molecule has 6 rings (SSSR count). The van der Waals surface area contributed by atoms with Gasteiger partial charge in [0, 0.05) is 31.8 Å². The molecule has 180 valence electrons. The Kier molecular flexibility index (Phi) is 4.80. The van der Waals surface area contributed by atoms with Crippen molar-refractivity contribution in [2.24, 2.45) is 11.3 Å². The van der Waals surface area contributed by atoms with Crippen LogP contribution in [0.2, 0.25) is 0 Å². The highest BCUT2D eigenvalue weighted by molar-refractivity contribution is 5.92. The van der Waals surface area contributed by atoms with Crippen molar-refractivity contribution in [3.8, 4) is 11.3 Å². The standard InChI is InChI=1S/C26H25F2N5O2/c1-25(2)16-6-7-26(25,21-10-29-9-20(30-21)24(35)33-11-14(12-33)13-34)23-15(16)8-19(31-32-23)22-17(27)4-3-5-18(22)28/h3-5,8-10,14,16,34H,6-7,11-13H2,1-2H3/t16-,26-/m0/s1. The van der Waals surface area contributed by atoms with E-state index in [4.69, 9.17) is 4.98 Å². The van der Waals surface area contributed by atoms with E-state index in [1.807, 2.05) is 0 Å². The number of carbonyl (C=O) groups is 1. The molecular weight excluding hydrogens is 452 g/mol. The first-order valence-electron chi connectivity index (χ1n) is 11.8. The number of nitrogens with zero attached hydrogens (tertiary/aromatic N) is 5. The van der Waals surface area contributed by atoms with Gasteiger partial charge in [0.2, 0.25) is 0 Å². The zero-order valence-electron chi connectivity index (χ0n) is 19.5. The van der Waals surface area contributed by atoms with E-state index in [1.54, 1.807) is 17.2 Å². The maximum atomic E-state index is 14.5. The summed E-state index contributed by atoms with van der Waals surface area (Å²) in [5.74, 6) is -1.36. The largest absolute Gasteiger partial charge is 0.396 e. The van der Waals surface area contributed by atoms with Gasteiger partial charge in [-0.2, -0.15) is 5.10 Å². The lowest BCUT2D eigenvalue weighted by molar-refractivity contribution is 0.0355. The highest BCUT2D eigenvalue weighted by Crippen LogP contribution is 2.69. The van der Waals surface area contributed by atoms with Crippen LogP contribution in [-0.4, -0.2) is 55.8 Å². The summed E-state index contributed by atoms with van der Waals surface area (Å²) in [6.45, 7) is 5.36. The summed E-state index contributed by atoms with van der Waals surface area (Å²) in [7, 11) is 0. The third-order valence-corrected chi connectivity index (χ3v) is 8.39. The zero-order valence-corrected chi connectivity index (χ0v) is 19.5. The van der Waals surface area contributed by atoms with Crippen molar-refractivity contribution in [1.82, 2.24) is 25.1 Å². The van der Waals surface area contributed by atoms with Gasteiger partial charge in [-0.15, -0.1) is 5.10 Å². The molecule has 0 spiro atoms. The van der Waals surface area contributed by atoms with Crippen LogP contribution in [0, 0.1) is 23.0 Å². The molecule has 35 heavy (non-hydrogen) atoms. The van der Waals surface area contributed by atoms with Crippen LogP contribution < -0.4 is 0 Å². The number of hydrogen-bond donors (Lipinski definition) is 1. The zero-order chi connectivity index (χ0) is 24.5. The van der Waals surface area contributed by atoms with Crippen molar-refractivity contribution in [2.75, 3.05) is 19.7 Å². The molecule has 2 fully saturated rings. The summed E-state index contributed by atoms with van der Waals surface area (Å²) in [5.41, 5.74) is 1.64. The van der Waals surface area contributed by atoms with E-state index in [-0.39, 0.29) is 46.7 Å². The molecule has 2 aliphatic carbocycles. The van der Waals surface area contributed by atoms with Gasteiger partial charge in [0.05, 0.1) is 34.3 Å². The minimum Gasteiger partial charge on any atom is -0.396 e. The number of benzene rings is 1. The lowest BCUT2D eigenvalue weighted by atomic mass is 9.66. The summed E-state index contributed by atoms with van der Waals surface area (Å²) < 4.78 is 28.9. The Hall–Kier alpha value is -3.33. The number of amides is 1. The molecule has 2 bridgehead atoms. The molecule has 1 saturated heterocycles. The molecule has 1 saturated carbocycles. The van der Waals surface area contributed by atoms with Crippen LogP contribution in [0.5, 0.6) is 0 Å². The number of aromatic nitrogens is 4. The maximum absolute atomic E-state index is 14.5. The molecule has 2 atom stereocenters. The van der Waals surface area contributed by atoms with Crippen molar-refractivity contribution in [3.05, 3.63) is 70.9 Å². The quantitative estimate of drug-likeness (QED) is 0.619. The highest BCUT2D eigenvalue weighted by atomic mass is 19.1. The predicted molar refractivity (Wildman–Crippen MR) is 122 cm³/mol. The van der Waals surface area contributed by atoms with Crippen molar-refractivity contribution in [3.63, 3.8) is 0 Å². The van der Waals surface area contributed by atoms with Gasteiger partial charge in [0.25, 0.3) is 5.91 Å². The van der Waals surface area contributed by atoms with E-state index in [0.717, 1.165) is 24.1 Å². The van der Waals surface area contributed by atoms with E-state index >= 15 is 0 Å². The molecule has 0 unspecified atom stereocenters. The Balaban J connectivity index is 1.43. The van der Waals surface area contributed by atoms with Crippen LogP contribution in [0.25, 0.3) is 11.3 Å². The minimum absolute atomic E-state index is 0.0579. The normalized spacial score (nSPS) is 24.4. The SMILES string of the molecule is CC1(C)[C@H]2CC[C@]1(c1cncc(C(=O)N3CC(CO)C3)n1)c1nnc(-c3c(F)cccc3F)cc12. The summed E-state index contributed by atoms with van der Waals surface area (Å²) in [6, 6.07) is 5.51. The van der Waals surface area contributed by atoms with Crippen molar-refractivity contribution < 1.29 is 18.7 Å². The highest BCUT2D eigenvalue weighted by Gasteiger charge is 2.65. The lowest BCUT2D eigenvalue weighted by Crippen LogP contribution is -2.51. The molecule has 2 aromatic heterocycles. The Morgan fingerprint density at radius 1 is 1.17 bits per heavy atom. The molecule has 0 radical (unpaired) electrons. The molecule has 1 N–H and O–H groups in total. The average molecular weight is 478 g/mol. The second kappa shape index (κ2) is 7.58. The van der Waals surface area contributed by atoms with Gasteiger partial charge in [0.1, 0.15) is 17.3 Å². The summed E-state index contributed by atoms with van der Waals surface area (Å²) in [6.07, 6.45) is 4.78. The van der Waals surface area contributed by atoms with E-state index < -0.39 is 17.0 Å². The Morgan fingerprint density at radius 3 is 2.63 bits per heavy atom. The van der Waals surface area contributed by atoms with E-state index in [0.29, 0.717) is 18.8 Å². The van der Waals surface area contributed by atoms with Gasteiger partial charge < -0.3 is 10.0 Å². The van der Waals surface area contributed by atoms with Crippen molar-refractivity contribution in [2.45, 2.75) is 38.0 Å². The number of carbonyl (C=O) groups excluding carboxylic acids is 1. The van der Waals surface area contributed by atoms with Crippen molar-refractivity contribution in [1.29, 1.82) is 0 Å². The van der Waals surface area contributed by atoms with Gasteiger partial charge in [-0.3, -0.25) is 9.78 Å². The van der Waals surface area contributed by atoms with Crippen LogP contribution in [0.3, 0.4) is 0 Å². The van der Waals surface area contributed by atoms with E-state index in [9.17, 15) is 18.7 Å². The summed E-state index contributed by atoms with van der Waals surface area (Å²) in [5, 5.41) is 18.0. The number of rotatable bonds is 4. The van der Waals surface area contributed by atoms with E-state index in [1.165, 1.54) is 24.4 Å². The summed E-state index contributed by atoms with van der Waals surface area (Å²) >= 11 is 0. The number of hydrogen-bond acceptors (Lipinski definition) is 6. The second-order valence-electron chi connectivity index (χ2n) is 10.4. The monoisotopic (exact) mass is 477 g/mol. The van der Waals surface area contributed by atoms with Crippen molar-refractivity contribution >= 4 is 5.91 Å². The second-order valence-corrected chi connectivity index (χ2v) is 10.4. The predicted octanol–water partition coefficient (Wildman–Crippen LogP) is 3.48. The fourth-order valence-corrected chi connectivity index (χ4v) is 6.44. The van der Waals surface area contributed by atoms with Gasteiger partial charge in [-0.05, 0) is 47.9 Å². The van der Waals surface area contributed by atoms with Gasteiger partial charge >= 0.3 is 0 Å². The van der Waals surface area contributed by atoms with Gasteiger partial charge in [0.15, 0.2) is 0 Å². The number of halogens is 2. The fourth-order valence-electron chi connectivity index (χ4n) is 6.44. The first-order chi connectivity index (χ1) is 16.8. The van der Waals surface area contributed by atoms with E-state index in [2.05, 4.69) is 29.0 Å². The van der Waals surface area contributed by atoms with Gasteiger partial charge in [-0.25, -0.2) is 13.8 Å². The molecular formula is C26H25F2N5O2. The molecule has 1 aromatic carbocycles. The molecule has 3 aromatic rings. The van der Waals surface area contributed by atoms with Crippen LogP contribution in [-0.2, 0) is 5.41 Å². The first-order valence-corrected chi connectivity index (χ1v) is 11.8. The number of aliphatic hydroxyl groups is 1. The molecule has 1 aliphatic heterocycles. The number of fused-ring (bicyclic) bond motifs is 5. The fraction of sp³-hybridized carbons (Fsp3) is 0.423. The molecule has 1 amide bonds. The Labute approximate surface area is 201 Å². The topological polar surface area (TPSA) is 92.1 Å². The Morgan fingerprint density at radius 2 is 1.91 bits per heavy atom. The maximum Gasteiger partial charge on any atom is 0.274 e. The molecule has 3 aliphatic rings. The average Bonchev–Trinajstić information content (AvgIpc) is 3.19. The van der Waals surface area contributed by atoms with Crippen LogP contribution in [0.1, 0.15) is 60.0 Å². The third kappa shape index (κ3) is 2.94. The van der Waals surface area contributed by atoms with Crippen LogP contribution in [0.15, 0.2) is 36.7 Å². The Bertz CT molecular complexity index is 1340. The van der Waals surface area contributed by atoms with Crippen LogP contribution >= 0.6 is 0 Å². The summed E-state index contributed by atoms with van der Waals surface area (Å²) in [4.78, 5) is 23.8. The lowest BCUT2D eigenvalue weighted by Gasteiger charge is -2.39. The smallest absolute Gasteiger partial charge is 0.274 e.